The lowest BCUT2D eigenvalue weighted by Gasteiger charge is -2.33. The van der Waals surface area contributed by atoms with E-state index < -0.39 is 0 Å². The first-order valence-corrected chi connectivity index (χ1v) is 8.08. The number of nitrogens with one attached hydrogen (secondary N) is 1. The van der Waals surface area contributed by atoms with Gasteiger partial charge in [-0.05, 0) is 52.0 Å². The second-order valence-corrected chi connectivity index (χ2v) is 6.19. The van der Waals surface area contributed by atoms with Gasteiger partial charge < -0.3 is 20.0 Å². The average molecular weight is 282 g/mol. The van der Waals surface area contributed by atoms with Crippen molar-refractivity contribution in [3.05, 3.63) is 0 Å². The van der Waals surface area contributed by atoms with Crippen LogP contribution >= 0.6 is 0 Å². The van der Waals surface area contributed by atoms with Crippen LogP contribution in [0.25, 0.3) is 0 Å². The molecule has 5 nitrogen and oxygen atoms in total. The Morgan fingerprint density at radius 2 is 1.75 bits per heavy atom. The third-order valence-electron chi connectivity index (χ3n) is 4.72. The van der Waals surface area contributed by atoms with E-state index >= 15 is 0 Å². The number of rotatable bonds is 5. The van der Waals surface area contributed by atoms with Crippen molar-refractivity contribution in [3.8, 4) is 0 Å². The molecule has 0 aromatic carbocycles. The first-order chi connectivity index (χ1) is 9.69. The van der Waals surface area contributed by atoms with Crippen LogP contribution in [0.3, 0.4) is 0 Å². The van der Waals surface area contributed by atoms with Gasteiger partial charge in [-0.1, -0.05) is 6.92 Å². The maximum Gasteiger partial charge on any atom is 0.236 e. The van der Waals surface area contributed by atoms with Gasteiger partial charge in [0.1, 0.15) is 0 Å². The van der Waals surface area contributed by atoms with E-state index in [4.69, 9.17) is 0 Å². The van der Waals surface area contributed by atoms with Crippen LogP contribution in [-0.2, 0) is 4.79 Å². The van der Waals surface area contributed by atoms with Crippen molar-refractivity contribution in [1.82, 2.24) is 20.0 Å². The lowest BCUT2D eigenvalue weighted by molar-refractivity contribution is -0.131. The molecule has 5 heteroatoms. The molecule has 0 bridgehead atoms. The zero-order valence-corrected chi connectivity index (χ0v) is 13.1. The van der Waals surface area contributed by atoms with E-state index in [1.54, 1.807) is 0 Å². The van der Waals surface area contributed by atoms with Crippen LogP contribution in [0.1, 0.15) is 19.8 Å². The predicted octanol–water partition coefficient (Wildman–Crippen LogP) is 0.0819. The molecule has 2 rings (SSSR count). The molecule has 2 fully saturated rings. The van der Waals surface area contributed by atoms with E-state index in [9.17, 15) is 4.79 Å². The summed E-state index contributed by atoms with van der Waals surface area (Å²) in [5.74, 6) is 1.02. The maximum atomic E-state index is 12.1. The first kappa shape index (κ1) is 15.7. The van der Waals surface area contributed by atoms with Crippen LogP contribution in [0.2, 0.25) is 0 Å². The van der Waals surface area contributed by atoms with Gasteiger partial charge in [0, 0.05) is 26.2 Å². The van der Waals surface area contributed by atoms with Crippen LogP contribution in [-0.4, -0.2) is 86.6 Å². The Kier molecular flexibility index (Phi) is 6.26. The van der Waals surface area contributed by atoms with Crippen molar-refractivity contribution in [2.45, 2.75) is 19.8 Å². The number of hydrogen-bond donors (Lipinski definition) is 1. The fourth-order valence-electron chi connectivity index (χ4n) is 3.06. The molecule has 0 atom stereocenters. The summed E-state index contributed by atoms with van der Waals surface area (Å²) in [5, 5.41) is 3.37. The molecule has 0 aliphatic carbocycles. The summed E-state index contributed by atoms with van der Waals surface area (Å²) >= 11 is 0. The minimum absolute atomic E-state index is 0.268. The van der Waals surface area contributed by atoms with Crippen molar-refractivity contribution in [2.24, 2.45) is 5.92 Å². The topological polar surface area (TPSA) is 38.8 Å². The normalized spacial score (nSPS) is 23.2. The van der Waals surface area contributed by atoms with Crippen LogP contribution < -0.4 is 5.32 Å². The van der Waals surface area contributed by atoms with Crippen LogP contribution in [0, 0.1) is 5.92 Å². The number of amides is 1. The number of carbonyl (C=O) groups excluding carboxylic acids is 1. The van der Waals surface area contributed by atoms with E-state index in [0.29, 0.717) is 6.54 Å². The summed E-state index contributed by atoms with van der Waals surface area (Å²) in [5.41, 5.74) is 0. The summed E-state index contributed by atoms with van der Waals surface area (Å²) in [4.78, 5) is 18.9. The summed E-state index contributed by atoms with van der Waals surface area (Å²) in [7, 11) is 2.11. The van der Waals surface area contributed by atoms with E-state index in [0.717, 1.165) is 38.6 Å². The lowest BCUT2D eigenvalue weighted by atomic mass is 9.97. The van der Waals surface area contributed by atoms with Gasteiger partial charge >= 0.3 is 0 Å². The standard InChI is InChI=1S/C15H30N4O/c1-3-18-6-4-14(5-7-18)12-16-13-15(20)19-10-8-17(2)9-11-19/h14,16H,3-13H2,1-2H3. The van der Waals surface area contributed by atoms with E-state index in [1.807, 2.05) is 4.90 Å². The highest BCUT2D eigenvalue weighted by atomic mass is 16.2. The highest BCUT2D eigenvalue weighted by molar-refractivity contribution is 5.78. The van der Waals surface area contributed by atoms with E-state index in [-0.39, 0.29) is 5.91 Å². The van der Waals surface area contributed by atoms with Gasteiger partial charge in [-0.3, -0.25) is 4.79 Å². The average Bonchev–Trinajstić information content (AvgIpc) is 2.48. The highest BCUT2D eigenvalue weighted by Crippen LogP contribution is 2.15. The molecule has 0 aromatic heterocycles. The lowest BCUT2D eigenvalue weighted by Crippen LogP contribution is -2.50. The van der Waals surface area contributed by atoms with Crippen molar-refractivity contribution in [1.29, 1.82) is 0 Å². The smallest absolute Gasteiger partial charge is 0.236 e. The van der Waals surface area contributed by atoms with Gasteiger partial charge in [-0.25, -0.2) is 0 Å². The molecule has 0 unspecified atom stereocenters. The molecule has 0 radical (unpaired) electrons. The van der Waals surface area contributed by atoms with E-state index in [1.165, 1.54) is 32.5 Å². The second-order valence-electron chi connectivity index (χ2n) is 6.19. The SMILES string of the molecule is CCN1CCC(CNCC(=O)N2CCN(C)CC2)CC1. The zero-order chi connectivity index (χ0) is 14.4. The van der Waals surface area contributed by atoms with Crippen molar-refractivity contribution >= 4 is 5.91 Å². The minimum Gasteiger partial charge on any atom is -0.339 e. The molecular weight excluding hydrogens is 252 g/mol. The molecule has 2 heterocycles. The van der Waals surface area contributed by atoms with Gasteiger partial charge in [0.05, 0.1) is 6.54 Å². The molecule has 1 N–H and O–H groups in total. The molecule has 20 heavy (non-hydrogen) atoms. The Morgan fingerprint density at radius 3 is 2.35 bits per heavy atom. The van der Waals surface area contributed by atoms with Crippen molar-refractivity contribution in [2.75, 3.05) is 66.0 Å². The molecule has 1 amide bonds. The van der Waals surface area contributed by atoms with Crippen LogP contribution in [0.15, 0.2) is 0 Å². The Balaban J connectivity index is 1.58. The predicted molar refractivity (Wildman–Crippen MR) is 81.8 cm³/mol. The fourth-order valence-corrected chi connectivity index (χ4v) is 3.06. The summed E-state index contributed by atoms with van der Waals surface area (Å²) in [6.45, 7) is 11.1. The molecule has 0 saturated carbocycles. The quantitative estimate of drug-likeness (QED) is 0.775. The highest BCUT2D eigenvalue weighted by Gasteiger charge is 2.20. The van der Waals surface area contributed by atoms with Crippen molar-refractivity contribution in [3.63, 3.8) is 0 Å². The molecular formula is C15H30N4O. The van der Waals surface area contributed by atoms with E-state index in [2.05, 4.69) is 29.1 Å². The van der Waals surface area contributed by atoms with Gasteiger partial charge in [0.25, 0.3) is 0 Å². The Morgan fingerprint density at radius 1 is 1.10 bits per heavy atom. The van der Waals surface area contributed by atoms with Gasteiger partial charge in [-0.15, -0.1) is 0 Å². The number of hydrogen-bond acceptors (Lipinski definition) is 4. The fraction of sp³-hybridized carbons (Fsp3) is 0.933. The largest absolute Gasteiger partial charge is 0.339 e. The first-order valence-electron chi connectivity index (χ1n) is 8.08. The number of piperidine rings is 1. The molecule has 116 valence electrons. The molecule has 0 spiro atoms. The number of likely N-dealkylation sites (tertiary alicyclic amines) is 1. The maximum absolute atomic E-state index is 12.1. The minimum atomic E-state index is 0.268. The third-order valence-corrected chi connectivity index (χ3v) is 4.72. The summed E-state index contributed by atoms with van der Waals surface area (Å²) in [6, 6.07) is 0. The molecule has 2 aliphatic rings. The Bertz CT molecular complexity index is 294. The van der Waals surface area contributed by atoms with Gasteiger partial charge in [0.2, 0.25) is 5.91 Å². The molecule has 2 saturated heterocycles. The van der Waals surface area contributed by atoms with Crippen LogP contribution in [0.4, 0.5) is 0 Å². The van der Waals surface area contributed by atoms with Gasteiger partial charge in [-0.2, -0.15) is 0 Å². The number of nitrogens with zero attached hydrogens (tertiary/aromatic N) is 3. The third kappa shape index (κ3) is 4.72. The van der Waals surface area contributed by atoms with Gasteiger partial charge in [0.15, 0.2) is 0 Å². The molecule has 0 aromatic rings. The second kappa shape index (κ2) is 7.96. The Labute approximate surface area is 123 Å². The summed E-state index contributed by atoms with van der Waals surface area (Å²) in [6.07, 6.45) is 2.53. The monoisotopic (exact) mass is 282 g/mol. The zero-order valence-electron chi connectivity index (χ0n) is 13.1. The number of piperazine rings is 1. The molecule has 2 aliphatic heterocycles. The summed E-state index contributed by atoms with van der Waals surface area (Å²) < 4.78 is 0. The number of carbonyl (C=O) groups is 1. The van der Waals surface area contributed by atoms with Crippen molar-refractivity contribution < 1.29 is 4.79 Å². The Hall–Kier alpha value is -0.650. The van der Waals surface area contributed by atoms with Crippen LogP contribution in [0.5, 0.6) is 0 Å². The number of likely N-dealkylation sites (N-methyl/N-ethyl adjacent to an activating group) is 1.